The van der Waals surface area contributed by atoms with Gasteiger partial charge in [-0.2, -0.15) is 5.10 Å². The van der Waals surface area contributed by atoms with Gasteiger partial charge >= 0.3 is 0 Å². The molecule has 0 aliphatic rings. The lowest BCUT2D eigenvalue weighted by Crippen LogP contribution is -2.15. The zero-order valence-corrected chi connectivity index (χ0v) is 12.3. The summed E-state index contributed by atoms with van der Waals surface area (Å²) in [5.41, 5.74) is 1.05. The van der Waals surface area contributed by atoms with E-state index in [1.54, 1.807) is 11.0 Å². The van der Waals surface area contributed by atoms with E-state index in [2.05, 4.69) is 34.2 Å². The number of rotatable bonds is 8. The van der Waals surface area contributed by atoms with Crippen LogP contribution in [0.25, 0.3) is 5.82 Å². The summed E-state index contributed by atoms with van der Waals surface area (Å²) in [4.78, 5) is 8.30. The molecule has 0 saturated carbocycles. The van der Waals surface area contributed by atoms with E-state index < -0.39 is 0 Å². The van der Waals surface area contributed by atoms with Gasteiger partial charge in [0.15, 0.2) is 5.82 Å². The molecular weight excluding hydrogens is 250 g/mol. The lowest BCUT2D eigenvalue weighted by molar-refractivity contribution is 0.594. The Morgan fingerprint density at radius 2 is 2.15 bits per heavy atom. The first-order valence-corrected chi connectivity index (χ1v) is 7.37. The van der Waals surface area contributed by atoms with Gasteiger partial charge in [0, 0.05) is 6.04 Å². The Morgan fingerprint density at radius 1 is 1.25 bits per heavy atom. The van der Waals surface area contributed by atoms with Gasteiger partial charge in [-0.05, 0) is 25.5 Å². The normalized spacial score (nSPS) is 12.3. The van der Waals surface area contributed by atoms with E-state index in [1.807, 2.05) is 18.3 Å². The Kier molecular flexibility index (Phi) is 5.53. The van der Waals surface area contributed by atoms with Crippen LogP contribution in [0, 0.1) is 0 Å². The van der Waals surface area contributed by atoms with Gasteiger partial charge < -0.3 is 5.32 Å². The Hall–Kier alpha value is -1.91. The van der Waals surface area contributed by atoms with E-state index in [0.717, 1.165) is 11.5 Å². The topological polar surface area (TPSA) is 55.6 Å². The third kappa shape index (κ3) is 4.33. The summed E-state index contributed by atoms with van der Waals surface area (Å²) in [6, 6.07) is 4.46. The number of aromatic nitrogens is 4. The third-order valence-electron chi connectivity index (χ3n) is 3.31. The number of nitrogens with zero attached hydrogens (tertiary/aromatic N) is 4. The highest BCUT2D eigenvalue weighted by Gasteiger charge is 2.03. The molecule has 0 bridgehead atoms. The Labute approximate surface area is 120 Å². The average Bonchev–Trinajstić information content (AvgIpc) is 2.99. The van der Waals surface area contributed by atoms with Crippen molar-refractivity contribution < 1.29 is 0 Å². The summed E-state index contributed by atoms with van der Waals surface area (Å²) in [5, 5.41) is 7.54. The molecule has 0 radical (unpaired) electrons. The van der Waals surface area contributed by atoms with E-state index in [0.29, 0.717) is 6.04 Å². The number of unbranched alkanes of at least 4 members (excludes halogenated alkanes) is 3. The van der Waals surface area contributed by atoms with Gasteiger partial charge in [0.1, 0.15) is 12.7 Å². The van der Waals surface area contributed by atoms with E-state index in [1.165, 1.54) is 38.4 Å². The first-order chi connectivity index (χ1) is 9.79. The molecule has 1 unspecified atom stereocenters. The van der Waals surface area contributed by atoms with Crippen LogP contribution in [-0.4, -0.2) is 25.8 Å². The number of pyridine rings is 1. The van der Waals surface area contributed by atoms with Crippen LogP contribution >= 0.6 is 0 Å². The number of hydrogen-bond donors (Lipinski definition) is 1. The summed E-state index contributed by atoms with van der Waals surface area (Å²) >= 11 is 0. The third-order valence-corrected chi connectivity index (χ3v) is 3.31. The monoisotopic (exact) mass is 273 g/mol. The van der Waals surface area contributed by atoms with Crippen molar-refractivity contribution in [3.8, 4) is 5.82 Å². The lowest BCUT2D eigenvalue weighted by Gasteiger charge is -2.15. The maximum atomic E-state index is 4.38. The second kappa shape index (κ2) is 7.62. The number of anilines is 1. The summed E-state index contributed by atoms with van der Waals surface area (Å²) < 4.78 is 1.65. The molecule has 0 fully saturated rings. The lowest BCUT2D eigenvalue weighted by atomic mass is 10.1. The largest absolute Gasteiger partial charge is 0.381 e. The van der Waals surface area contributed by atoms with Crippen LogP contribution in [0.3, 0.4) is 0 Å². The summed E-state index contributed by atoms with van der Waals surface area (Å²) in [6.45, 7) is 4.46. The molecule has 0 saturated heterocycles. The number of nitrogens with one attached hydrogen (secondary N) is 1. The van der Waals surface area contributed by atoms with Crippen LogP contribution in [0.2, 0.25) is 0 Å². The quantitative estimate of drug-likeness (QED) is 0.749. The maximum Gasteiger partial charge on any atom is 0.155 e. The van der Waals surface area contributed by atoms with E-state index in [4.69, 9.17) is 0 Å². The van der Waals surface area contributed by atoms with E-state index in [-0.39, 0.29) is 0 Å². The minimum absolute atomic E-state index is 0.478. The zero-order chi connectivity index (χ0) is 14.2. The second-order valence-corrected chi connectivity index (χ2v) is 5.14. The van der Waals surface area contributed by atoms with Gasteiger partial charge in [-0.1, -0.05) is 32.6 Å². The molecule has 108 valence electrons. The fraction of sp³-hybridized carbons (Fsp3) is 0.533. The van der Waals surface area contributed by atoms with Crippen molar-refractivity contribution in [2.24, 2.45) is 0 Å². The fourth-order valence-corrected chi connectivity index (χ4v) is 2.17. The Bertz CT molecular complexity index is 477. The molecule has 0 aromatic carbocycles. The molecule has 2 aromatic heterocycles. The highest BCUT2D eigenvalue weighted by Crippen LogP contribution is 2.13. The van der Waals surface area contributed by atoms with Crippen LogP contribution in [0.1, 0.15) is 46.0 Å². The molecule has 1 atom stereocenters. The van der Waals surface area contributed by atoms with Crippen molar-refractivity contribution in [2.75, 3.05) is 5.32 Å². The predicted molar refractivity (Wildman–Crippen MR) is 81.0 cm³/mol. The SMILES string of the molecule is CCCCCCC(C)Nc1ccc(-n2cncn2)nc1. The molecule has 2 aromatic rings. The van der Waals surface area contributed by atoms with Crippen molar-refractivity contribution >= 4 is 5.69 Å². The highest BCUT2D eigenvalue weighted by atomic mass is 15.3. The van der Waals surface area contributed by atoms with E-state index in [9.17, 15) is 0 Å². The summed E-state index contributed by atoms with van der Waals surface area (Å²) in [7, 11) is 0. The van der Waals surface area contributed by atoms with Crippen molar-refractivity contribution in [1.82, 2.24) is 19.7 Å². The molecule has 0 aliphatic heterocycles. The minimum atomic E-state index is 0.478. The molecule has 5 heteroatoms. The average molecular weight is 273 g/mol. The van der Waals surface area contributed by atoms with Gasteiger partial charge in [-0.15, -0.1) is 0 Å². The molecule has 5 nitrogen and oxygen atoms in total. The minimum Gasteiger partial charge on any atom is -0.381 e. The first-order valence-electron chi connectivity index (χ1n) is 7.37. The summed E-state index contributed by atoms with van der Waals surface area (Å²) in [6.07, 6.45) is 11.4. The second-order valence-electron chi connectivity index (χ2n) is 5.14. The Balaban J connectivity index is 1.81. The standard InChI is InChI=1S/C15H23N5/c1-3-4-5-6-7-13(2)19-14-8-9-15(17-10-14)20-12-16-11-18-20/h8-13,19H,3-7H2,1-2H3. The maximum absolute atomic E-state index is 4.38. The van der Waals surface area contributed by atoms with Gasteiger partial charge in [0.2, 0.25) is 0 Å². The predicted octanol–water partition coefficient (Wildman–Crippen LogP) is 3.43. The molecule has 0 amide bonds. The van der Waals surface area contributed by atoms with Crippen molar-refractivity contribution in [3.05, 3.63) is 31.0 Å². The van der Waals surface area contributed by atoms with Crippen LogP contribution in [0.15, 0.2) is 31.0 Å². The molecule has 1 N–H and O–H groups in total. The fourth-order valence-electron chi connectivity index (χ4n) is 2.17. The van der Waals surface area contributed by atoms with Crippen LogP contribution in [0.4, 0.5) is 5.69 Å². The molecular formula is C15H23N5. The van der Waals surface area contributed by atoms with Crippen molar-refractivity contribution in [2.45, 2.75) is 52.0 Å². The molecule has 0 spiro atoms. The van der Waals surface area contributed by atoms with Crippen LogP contribution in [-0.2, 0) is 0 Å². The first kappa shape index (κ1) is 14.5. The van der Waals surface area contributed by atoms with Crippen molar-refractivity contribution in [1.29, 1.82) is 0 Å². The van der Waals surface area contributed by atoms with Gasteiger partial charge in [-0.25, -0.2) is 14.6 Å². The van der Waals surface area contributed by atoms with Gasteiger partial charge in [0.05, 0.1) is 11.9 Å². The highest BCUT2D eigenvalue weighted by molar-refractivity contribution is 5.44. The molecule has 2 heterocycles. The smallest absolute Gasteiger partial charge is 0.155 e. The van der Waals surface area contributed by atoms with Crippen molar-refractivity contribution in [3.63, 3.8) is 0 Å². The Morgan fingerprint density at radius 3 is 2.80 bits per heavy atom. The molecule has 0 aliphatic carbocycles. The van der Waals surface area contributed by atoms with Crippen LogP contribution < -0.4 is 5.32 Å². The summed E-state index contributed by atoms with van der Waals surface area (Å²) in [5.74, 6) is 0.781. The van der Waals surface area contributed by atoms with E-state index >= 15 is 0 Å². The zero-order valence-electron chi connectivity index (χ0n) is 12.3. The molecule has 20 heavy (non-hydrogen) atoms. The number of hydrogen-bond acceptors (Lipinski definition) is 4. The van der Waals surface area contributed by atoms with Gasteiger partial charge in [-0.3, -0.25) is 0 Å². The van der Waals surface area contributed by atoms with Gasteiger partial charge in [0.25, 0.3) is 0 Å². The van der Waals surface area contributed by atoms with Crippen LogP contribution in [0.5, 0.6) is 0 Å². The molecule has 2 rings (SSSR count).